The predicted molar refractivity (Wildman–Crippen MR) is 90.7 cm³/mol. The number of aromatic nitrogens is 2. The van der Waals surface area contributed by atoms with Gasteiger partial charge < -0.3 is 5.32 Å². The van der Waals surface area contributed by atoms with E-state index in [4.69, 9.17) is 11.6 Å². The van der Waals surface area contributed by atoms with Crippen LogP contribution < -0.4 is 5.32 Å². The third-order valence-corrected chi connectivity index (χ3v) is 3.69. The van der Waals surface area contributed by atoms with Gasteiger partial charge in [0.15, 0.2) is 0 Å². The lowest BCUT2D eigenvalue weighted by molar-refractivity contribution is -0.384. The van der Waals surface area contributed by atoms with Crippen molar-refractivity contribution in [2.45, 2.75) is 39.2 Å². The zero-order valence-corrected chi connectivity index (χ0v) is 13.7. The van der Waals surface area contributed by atoms with Gasteiger partial charge in [0.05, 0.1) is 4.92 Å². The van der Waals surface area contributed by atoms with E-state index < -0.39 is 4.92 Å². The number of nitrogens with zero attached hydrogens (tertiary/aromatic N) is 3. The highest BCUT2D eigenvalue weighted by molar-refractivity contribution is 6.32. The van der Waals surface area contributed by atoms with Crippen molar-refractivity contribution < 1.29 is 4.92 Å². The van der Waals surface area contributed by atoms with Crippen molar-refractivity contribution in [2.75, 3.05) is 5.32 Å². The molecule has 0 fully saturated rings. The molecule has 0 bridgehead atoms. The van der Waals surface area contributed by atoms with Gasteiger partial charge in [-0.25, -0.2) is 4.98 Å². The van der Waals surface area contributed by atoms with Gasteiger partial charge in [0.25, 0.3) is 0 Å². The normalized spacial score (nSPS) is 10.5. The molecule has 1 N–H and O–H groups in total. The average Bonchev–Trinajstić information content (AvgIpc) is 2.53. The van der Waals surface area contributed by atoms with Crippen LogP contribution >= 0.6 is 11.6 Å². The Kier molecular flexibility index (Phi) is 6.29. The first kappa shape index (κ1) is 17.1. The summed E-state index contributed by atoms with van der Waals surface area (Å²) in [4.78, 5) is 18.9. The Morgan fingerprint density at radius 3 is 2.87 bits per heavy atom. The van der Waals surface area contributed by atoms with Crippen molar-refractivity contribution in [1.82, 2.24) is 9.97 Å². The molecular weight excluding hydrogens is 316 g/mol. The summed E-state index contributed by atoms with van der Waals surface area (Å²) in [5.74, 6) is 0. The molecule has 2 heterocycles. The van der Waals surface area contributed by atoms with E-state index in [0.717, 1.165) is 36.9 Å². The molecule has 2 rings (SSSR count). The topological polar surface area (TPSA) is 81.0 Å². The zero-order valence-electron chi connectivity index (χ0n) is 13.0. The largest absolute Gasteiger partial charge is 0.375 e. The third-order valence-electron chi connectivity index (χ3n) is 3.43. The Morgan fingerprint density at radius 1 is 1.39 bits per heavy atom. The Morgan fingerprint density at radius 2 is 2.22 bits per heavy atom. The fourth-order valence-corrected chi connectivity index (χ4v) is 2.53. The van der Waals surface area contributed by atoms with Crippen LogP contribution in [0, 0.1) is 10.1 Å². The highest BCUT2D eigenvalue weighted by atomic mass is 35.5. The van der Waals surface area contributed by atoms with Gasteiger partial charge in [-0.1, -0.05) is 37.4 Å². The van der Waals surface area contributed by atoms with Crippen molar-refractivity contribution in [1.29, 1.82) is 0 Å². The Bertz CT molecular complexity index is 665. The van der Waals surface area contributed by atoms with Gasteiger partial charge in [0.1, 0.15) is 5.69 Å². The SMILES string of the molecule is CCCCCc1cc(NCc2cccnc2)c([N+](=O)[O-])c(Cl)n1. The van der Waals surface area contributed by atoms with Gasteiger partial charge >= 0.3 is 5.69 Å². The van der Waals surface area contributed by atoms with Gasteiger partial charge in [-0.15, -0.1) is 0 Å². The second kappa shape index (κ2) is 8.43. The zero-order chi connectivity index (χ0) is 16.7. The molecule has 7 heteroatoms. The summed E-state index contributed by atoms with van der Waals surface area (Å²) in [5, 5.41) is 14.3. The first-order chi connectivity index (χ1) is 11.1. The van der Waals surface area contributed by atoms with Crippen molar-refractivity contribution >= 4 is 23.0 Å². The minimum absolute atomic E-state index is 0.0716. The fraction of sp³-hybridized carbons (Fsp3) is 0.375. The van der Waals surface area contributed by atoms with Crippen LogP contribution in [0.25, 0.3) is 0 Å². The van der Waals surface area contributed by atoms with Crippen LogP contribution in [0.4, 0.5) is 11.4 Å². The van der Waals surface area contributed by atoms with Gasteiger partial charge in [-0.05, 0) is 30.5 Å². The molecule has 0 aliphatic heterocycles. The minimum atomic E-state index is -0.503. The maximum atomic E-state index is 11.3. The molecular formula is C16H19ClN4O2. The van der Waals surface area contributed by atoms with Crippen molar-refractivity contribution in [2.24, 2.45) is 0 Å². The Balaban J connectivity index is 2.21. The molecule has 0 amide bonds. The molecule has 0 saturated heterocycles. The van der Waals surface area contributed by atoms with Gasteiger partial charge in [0, 0.05) is 24.6 Å². The van der Waals surface area contributed by atoms with Crippen LogP contribution in [0.5, 0.6) is 0 Å². The van der Waals surface area contributed by atoms with Gasteiger partial charge in [0.2, 0.25) is 5.15 Å². The molecule has 2 aromatic heterocycles. The second-order valence-corrected chi connectivity index (χ2v) is 5.59. The van der Waals surface area contributed by atoms with Crippen LogP contribution in [0.3, 0.4) is 0 Å². The minimum Gasteiger partial charge on any atom is -0.375 e. The number of nitrogens with one attached hydrogen (secondary N) is 1. The van der Waals surface area contributed by atoms with E-state index in [-0.39, 0.29) is 10.8 Å². The van der Waals surface area contributed by atoms with E-state index in [0.29, 0.717) is 12.2 Å². The summed E-state index contributed by atoms with van der Waals surface area (Å²) in [6, 6.07) is 5.44. The summed E-state index contributed by atoms with van der Waals surface area (Å²) in [5.41, 5.74) is 1.91. The summed E-state index contributed by atoms with van der Waals surface area (Å²) in [6.45, 7) is 2.56. The molecule has 0 atom stereocenters. The monoisotopic (exact) mass is 334 g/mol. The number of hydrogen-bond donors (Lipinski definition) is 1. The predicted octanol–water partition coefficient (Wildman–Crippen LogP) is 4.38. The van der Waals surface area contributed by atoms with Crippen molar-refractivity contribution in [3.8, 4) is 0 Å². The highest BCUT2D eigenvalue weighted by Crippen LogP contribution is 2.32. The van der Waals surface area contributed by atoms with Gasteiger partial charge in [-0.2, -0.15) is 0 Å². The second-order valence-electron chi connectivity index (χ2n) is 5.23. The number of aryl methyl sites for hydroxylation is 1. The molecule has 0 aliphatic rings. The molecule has 23 heavy (non-hydrogen) atoms. The molecule has 0 aromatic carbocycles. The van der Waals surface area contributed by atoms with E-state index in [1.54, 1.807) is 18.5 Å². The van der Waals surface area contributed by atoms with E-state index in [2.05, 4.69) is 22.2 Å². The lowest BCUT2D eigenvalue weighted by atomic mass is 10.1. The highest BCUT2D eigenvalue weighted by Gasteiger charge is 2.21. The Labute approximate surface area is 140 Å². The van der Waals surface area contributed by atoms with Crippen LogP contribution in [0.15, 0.2) is 30.6 Å². The van der Waals surface area contributed by atoms with Crippen LogP contribution in [-0.2, 0) is 13.0 Å². The van der Waals surface area contributed by atoms with E-state index in [1.807, 2.05) is 12.1 Å². The summed E-state index contributed by atoms with van der Waals surface area (Å²) in [7, 11) is 0. The molecule has 0 radical (unpaired) electrons. The van der Waals surface area contributed by atoms with E-state index in [9.17, 15) is 10.1 Å². The van der Waals surface area contributed by atoms with E-state index >= 15 is 0 Å². The molecule has 0 saturated carbocycles. The molecule has 2 aromatic rings. The molecule has 6 nitrogen and oxygen atoms in total. The Hall–Kier alpha value is -2.21. The molecule has 0 spiro atoms. The summed E-state index contributed by atoms with van der Waals surface area (Å²) in [6.07, 6.45) is 7.33. The fourth-order valence-electron chi connectivity index (χ4n) is 2.25. The number of anilines is 1. The van der Waals surface area contributed by atoms with Crippen LogP contribution in [0.1, 0.15) is 37.4 Å². The number of halogens is 1. The van der Waals surface area contributed by atoms with E-state index in [1.165, 1.54) is 0 Å². The number of hydrogen-bond acceptors (Lipinski definition) is 5. The first-order valence-corrected chi connectivity index (χ1v) is 7.96. The summed E-state index contributed by atoms with van der Waals surface area (Å²) >= 11 is 6.02. The smallest absolute Gasteiger partial charge is 0.329 e. The quantitative estimate of drug-likeness (QED) is 0.335. The lowest BCUT2D eigenvalue weighted by Crippen LogP contribution is -2.06. The van der Waals surface area contributed by atoms with Crippen molar-refractivity contribution in [3.63, 3.8) is 0 Å². The number of rotatable bonds is 8. The average molecular weight is 335 g/mol. The maximum absolute atomic E-state index is 11.3. The molecule has 122 valence electrons. The number of nitro groups is 1. The standard InChI is InChI=1S/C16H19ClN4O2/c1-2-3-4-7-13-9-14(15(21(22)23)16(17)20-13)19-11-12-6-5-8-18-10-12/h5-6,8-10H,2-4,7,11H2,1H3,(H,19,20). The first-order valence-electron chi connectivity index (χ1n) is 7.58. The van der Waals surface area contributed by atoms with Crippen molar-refractivity contribution in [3.05, 3.63) is 57.1 Å². The number of unbranched alkanes of at least 4 members (excludes halogenated alkanes) is 2. The van der Waals surface area contributed by atoms with Gasteiger partial charge in [-0.3, -0.25) is 15.1 Å². The molecule has 0 unspecified atom stereocenters. The number of pyridine rings is 2. The maximum Gasteiger partial charge on any atom is 0.329 e. The summed E-state index contributed by atoms with van der Waals surface area (Å²) < 4.78 is 0. The third kappa shape index (κ3) is 4.89. The lowest BCUT2D eigenvalue weighted by Gasteiger charge is -2.10. The van der Waals surface area contributed by atoms with Crippen LogP contribution in [0.2, 0.25) is 5.15 Å². The molecule has 0 aliphatic carbocycles. The van der Waals surface area contributed by atoms with Crippen LogP contribution in [-0.4, -0.2) is 14.9 Å².